The third kappa shape index (κ3) is 2.80. The molecule has 0 aliphatic rings. The summed E-state index contributed by atoms with van der Waals surface area (Å²) in [5.74, 6) is 0.243. The molecule has 0 spiro atoms. The van der Waals surface area contributed by atoms with Crippen LogP contribution in [-0.4, -0.2) is 4.98 Å². The first-order valence-electron chi connectivity index (χ1n) is 5.08. The fourth-order valence-electron chi connectivity index (χ4n) is 1.41. The fraction of sp³-hybridized carbons (Fsp3) is 0.0833. The van der Waals surface area contributed by atoms with Crippen molar-refractivity contribution in [2.75, 3.05) is 0 Å². The minimum Gasteiger partial charge on any atom is -0.437 e. The van der Waals surface area contributed by atoms with Gasteiger partial charge in [0, 0.05) is 18.3 Å². The second-order valence-corrected chi connectivity index (χ2v) is 4.75. The average molecular weight is 332 g/mol. The van der Waals surface area contributed by atoms with Crippen LogP contribution in [0.1, 0.15) is 5.56 Å². The van der Waals surface area contributed by atoms with Gasteiger partial charge in [-0.3, -0.25) is 0 Å². The Kier molecular flexibility index (Phi) is 4.16. The Bertz CT molecular complexity index is 580. The zero-order valence-corrected chi connectivity index (χ0v) is 11.5. The number of ether oxygens (including phenoxy) is 1. The van der Waals surface area contributed by atoms with Gasteiger partial charge < -0.3 is 10.5 Å². The Labute approximate surface area is 117 Å². The number of halogens is 3. The van der Waals surface area contributed by atoms with Crippen LogP contribution >= 0.6 is 27.5 Å². The predicted molar refractivity (Wildman–Crippen MR) is 71.3 cm³/mol. The maximum Gasteiger partial charge on any atom is 0.233 e. The molecule has 94 valence electrons. The molecule has 1 aromatic heterocycles. The molecule has 0 radical (unpaired) electrons. The van der Waals surface area contributed by atoms with Gasteiger partial charge in [0.05, 0.1) is 9.50 Å². The Hall–Kier alpha value is -1.17. The minimum atomic E-state index is -0.403. The van der Waals surface area contributed by atoms with Gasteiger partial charge in [-0.25, -0.2) is 9.37 Å². The van der Waals surface area contributed by atoms with Crippen LogP contribution in [-0.2, 0) is 6.54 Å². The molecule has 2 rings (SSSR count). The van der Waals surface area contributed by atoms with Crippen LogP contribution < -0.4 is 10.5 Å². The van der Waals surface area contributed by atoms with E-state index in [1.54, 1.807) is 18.2 Å². The van der Waals surface area contributed by atoms with Gasteiger partial charge in [-0.15, -0.1) is 0 Å². The zero-order chi connectivity index (χ0) is 13.1. The number of aromatic nitrogens is 1. The summed E-state index contributed by atoms with van der Waals surface area (Å²) in [5.41, 5.74) is 5.80. The number of nitrogens with two attached hydrogens (primary N) is 1. The number of nitrogens with zero attached hydrogens (tertiary/aromatic N) is 1. The summed E-state index contributed by atoms with van der Waals surface area (Å²) < 4.78 is 19.6. The summed E-state index contributed by atoms with van der Waals surface area (Å²) in [6, 6.07) is 6.16. The lowest BCUT2D eigenvalue weighted by atomic mass is 10.2. The molecular weight excluding hydrogens is 322 g/mol. The molecule has 0 unspecified atom stereocenters. The first-order chi connectivity index (χ1) is 8.61. The fourth-order valence-corrected chi connectivity index (χ4v) is 2.13. The number of hydrogen-bond donors (Lipinski definition) is 1. The van der Waals surface area contributed by atoms with Gasteiger partial charge in [-0.05, 0) is 34.1 Å². The molecule has 0 atom stereocenters. The summed E-state index contributed by atoms with van der Waals surface area (Å²) in [7, 11) is 0. The summed E-state index contributed by atoms with van der Waals surface area (Å²) in [6.07, 6.45) is 1.45. The molecule has 0 saturated carbocycles. The summed E-state index contributed by atoms with van der Waals surface area (Å²) in [5, 5.41) is 0.479. The van der Waals surface area contributed by atoms with E-state index in [-0.39, 0.29) is 6.54 Å². The van der Waals surface area contributed by atoms with Crippen molar-refractivity contribution >= 4 is 27.5 Å². The molecule has 0 amide bonds. The normalized spacial score (nSPS) is 10.4. The molecule has 18 heavy (non-hydrogen) atoms. The predicted octanol–water partition coefficient (Wildman–Crippen LogP) is 3.89. The van der Waals surface area contributed by atoms with Crippen molar-refractivity contribution in [2.45, 2.75) is 6.54 Å². The van der Waals surface area contributed by atoms with Crippen molar-refractivity contribution in [3.05, 3.63) is 51.3 Å². The Balaban J connectivity index is 2.37. The maximum absolute atomic E-state index is 13.5. The van der Waals surface area contributed by atoms with E-state index in [1.165, 1.54) is 12.3 Å². The quantitative estimate of drug-likeness (QED) is 0.928. The van der Waals surface area contributed by atoms with Crippen LogP contribution in [0.2, 0.25) is 5.02 Å². The topological polar surface area (TPSA) is 48.1 Å². The average Bonchev–Trinajstić information content (AvgIpc) is 2.33. The third-order valence-corrected chi connectivity index (χ3v) is 3.04. The molecule has 1 heterocycles. The van der Waals surface area contributed by atoms with Crippen molar-refractivity contribution < 1.29 is 9.13 Å². The number of rotatable bonds is 3. The molecule has 6 heteroatoms. The number of hydrogen-bond acceptors (Lipinski definition) is 3. The van der Waals surface area contributed by atoms with Gasteiger partial charge in [-0.2, -0.15) is 0 Å². The highest BCUT2D eigenvalue weighted by atomic mass is 79.9. The highest BCUT2D eigenvalue weighted by Gasteiger charge is 2.11. The van der Waals surface area contributed by atoms with Crippen LogP contribution in [0, 0.1) is 5.82 Å². The maximum atomic E-state index is 13.5. The lowest BCUT2D eigenvalue weighted by Crippen LogP contribution is -2.03. The van der Waals surface area contributed by atoms with Crippen LogP contribution in [0.15, 0.2) is 34.9 Å². The van der Waals surface area contributed by atoms with E-state index in [4.69, 9.17) is 22.1 Å². The van der Waals surface area contributed by atoms with Gasteiger partial charge >= 0.3 is 0 Å². The lowest BCUT2D eigenvalue weighted by molar-refractivity contribution is 0.447. The molecule has 0 aliphatic heterocycles. The second-order valence-electron chi connectivity index (χ2n) is 3.46. The molecule has 0 aliphatic carbocycles. The minimum absolute atomic E-state index is 0.0488. The third-order valence-electron chi connectivity index (χ3n) is 2.26. The van der Waals surface area contributed by atoms with Crippen LogP contribution in [0.25, 0.3) is 0 Å². The van der Waals surface area contributed by atoms with E-state index >= 15 is 0 Å². The second kappa shape index (κ2) is 5.65. The van der Waals surface area contributed by atoms with Gasteiger partial charge in [0.2, 0.25) is 5.88 Å². The highest BCUT2D eigenvalue weighted by molar-refractivity contribution is 9.10. The standard InChI is InChI=1S/C12H9BrClFN2O/c13-9-4-7(14)6-17-12(9)18-11-3-1-2-10(15)8(11)5-16/h1-4,6H,5,16H2. The molecule has 0 fully saturated rings. The number of benzene rings is 1. The Morgan fingerprint density at radius 3 is 2.89 bits per heavy atom. The van der Waals surface area contributed by atoms with Crippen LogP contribution in [0.3, 0.4) is 0 Å². The van der Waals surface area contributed by atoms with Gasteiger partial charge in [-0.1, -0.05) is 17.7 Å². The van der Waals surface area contributed by atoms with Crippen molar-refractivity contribution in [1.29, 1.82) is 0 Å². The van der Waals surface area contributed by atoms with E-state index in [0.29, 0.717) is 26.7 Å². The van der Waals surface area contributed by atoms with Crippen LogP contribution in [0.4, 0.5) is 4.39 Å². The molecule has 3 nitrogen and oxygen atoms in total. The Morgan fingerprint density at radius 1 is 1.44 bits per heavy atom. The monoisotopic (exact) mass is 330 g/mol. The van der Waals surface area contributed by atoms with Crippen molar-refractivity contribution in [3.8, 4) is 11.6 Å². The first-order valence-corrected chi connectivity index (χ1v) is 6.25. The number of pyridine rings is 1. The summed E-state index contributed by atoms with van der Waals surface area (Å²) in [4.78, 5) is 4.01. The van der Waals surface area contributed by atoms with Gasteiger partial charge in [0.1, 0.15) is 11.6 Å². The van der Waals surface area contributed by atoms with Gasteiger partial charge in [0.25, 0.3) is 0 Å². The summed E-state index contributed by atoms with van der Waals surface area (Å²) in [6.45, 7) is 0.0488. The van der Waals surface area contributed by atoms with Crippen molar-refractivity contribution in [2.24, 2.45) is 5.73 Å². The van der Waals surface area contributed by atoms with E-state index in [2.05, 4.69) is 20.9 Å². The van der Waals surface area contributed by atoms with E-state index in [1.807, 2.05) is 0 Å². The zero-order valence-electron chi connectivity index (χ0n) is 9.16. The van der Waals surface area contributed by atoms with Crippen LogP contribution in [0.5, 0.6) is 11.6 Å². The largest absolute Gasteiger partial charge is 0.437 e. The molecular formula is C12H9BrClFN2O. The van der Waals surface area contributed by atoms with E-state index in [9.17, 15) is 4.39 Å². The molecule has 1 aromatic carbocycles. The smallest absolute Gasteiger partial charge is 0.233 e. The van der Waals surface area contributed by atoms with Gasteiger partial charge in [0.15, 0.2) is 0 Å². The highest BCUT2D eigenvalue weighted by Crippen LogP contribution is 2.31. The van der Waals surface area contributed by atoms with E-state index in [0.717, 1.165) is 0 Å². The molecule has 2 aromatic rings. The Morgan fingerprint density at radius 2 is 2.22 bits per heavy atom. The molecule has 2 N–H and O–H groups in total. The molecule has 0 saturated heterocycles. The van der Waals surface area contributed by atoms with Crippen molar-refractivity contribution in [1.82, 2.24) is 4.98 Å². The van der Waals surface area contributed by atoms with E-state index < -0.39 is 5.82 Å². The van der Waals surface area contributed by atoms with Crippen molar-refractivity contribution in [3.63, 3.8) is 0 Å². The first kappa shape index (κ1) is 13.3. The lowest BCUT2D eigenvalue weighted by Gasteiger charge is -2.11. The molecule has 0 bridgehead atoms. The summed E-state index contributed by atoms with van der Waals surface area (Å²) >= 11 is 9.05. The SMILES string of the molecule is NCc1c(F)cccc1Oc1ncc(Cl)cc1Br.